The highest BCUT2D eigenvalue weighted by atomic mass is 16.5. The first-order valence-electron chi connectivity index (χ1n) is 20.5. The number of β-amino-alcohol motifs (C(OH)–C–C–N with tert-alkyl or cyclic N) is 1. The van der Waals surface area contributed by atoms with E-state index in [-0.39, 0.29) is 17.9 Å². The van der Waals surface area contributed by atoms with E-state index in [0.29, 0.717) is 76.0 Å². The number of nitrogens with one attached hydrogen (secondary N) is 2. The molecule has 10 atom stereocenters. The molecule has 2 saturated carbocycles. The predicted octanol–water partition coefficient (Wildman–Crippen LogP) is 3.03. The molecular weight excluding hydrogens is 711 g/mol. The number of nitrogens with two attached hydrogens (primary N) is 1. The zero-order valence-corrected chi connectivity index (χ0v) is 33.2. The molecule has 2 aliphatic carbocycles. The van der Waals surface area contributed by atoms with Crippen LogP contribution in [0.1, 0.15) is 74.8 Å². The van der Waals surface area contributed by atoms with Crippen LogP contribution in [0.2, 0.25) is 0 Å². The number of ether oxygens (including phenoxy) is 2. The van der Waals surface area contributed by atoms with E-state index >= 15 is 4.79 Å². The lowest BCUT2D eigenvalue weighted by atomic mass is 9.47. The van der Waals surface area contributed by atoms with Crippen molar-refractivity contribution in [2.75, 3.05) is 52.3 Å². The van der Waals surface area contributed by atoms with E-state index in [2.05, 4.69) is 27.3 Å². The lowest BCUT2D eigenvalue weighted by Crippen LogP contribution is -2.81. The Morgan fingerprint density at radius 3 is 2.52 bits per heavy atom. The van der Waals surface area contributed by atoms with Crippen molar-refractivity contribution in [3.63, 3.8) is 0 Å². The van der Waals surface area contributed by atoms with Gasteiger partial charge < -0.3 is 45.7 Å². The number of carbonyl (C=O) groups excluding carboxylic acids is 2. The molecule has 12 nitrogen and oxygen atoms in total. The number of nitrogens with zero attached hydrogens (tertiary/aromatic N) is 2. The first-order valence-corrected chi connectivity index (χ1v) is 20.5. The van der Waals surface area contributed by atoms with Gasteiger partial charge in [0.25, 0.3) is 5.91 Å². The standard InChI is InChI=1S/C44H57N5O7/c1-6-40(53)22-25-19-26(25)23-43(39(52)56-5,34-28(13-16-46-24-40)27-11-8-9-12-31(27)47-34)30-20-29-32(21-33(30)55-4)48(3)36-42(29)15-18-49-17-10-14-41(7-2,35(42)49)37(50)44(36,54)38(45)51/h8-12,14,20-21,25-26,35-37,46-47,50,53-54H,6-7,13,15-19,22-24H2,1-5H3,(H2,45,51)/t25-,26+,35+,36?,37-,40?,41-,42-,43+,44?/m1/s1. The number of methoxy groups -OCH3 is 2. The SMILES string of the molecule is CCC1(O)CNCCc2c([nH]c3ccccc23)[C@@](C(=O)OC)(c2cc3c(cc2OC)N(C)C2C(O)(C(N)=O)[C@H](O)[C@]4(CC)C=CCN5CC[C@]32[C@@H]54)C[C@@H]2C[C@@H]2C1. The van der Waals surface area contributed by atoms with Gasteiger partial charge in [0.2, 0.25) is 0 Å². The highest BCUT2D eigenvalue weighted by molar-refractivity contribution is 5.95. The van der Waals surface area contributed by atoms with Crippen LogP contribution in [0.4, 0.5) is 5.69 Å². The fourth-order valence-electron chi connectivity index (χ4n) is 12.8. The number of hydrogen-bond acceptors (Lipinski definition) is 10. The second-order valence-electron chi connectivity index (χ2n) is 17.8. The Hall–Kier alpha value is -3.94. The summed E-state index contributed by atoms with van der Waals surface area (Å²) in [6.45, 7) is 6.49. The Morgan fingerprint density at radius 2 is 1.80 bits per heavy atom. The number of H-pyrrole nitrogens is 1. The molecule has 0 radical (unpaired) electrons. The van der Waals surface area contributed by atoms with E-state index in [9.17, 15) is 20.1 Å². The average molecular weight is 768 g/mol. The maximum atomic E-state index is 15.2. The van der Waals surface area contributed by atoms with Crippen molar-refractivity contribution in [2.45, 2.75) is 99.0 Å². The van der Waals surface area contributed by atoms with Gasteiger partial charge in [0.1, 0.15) is 17.3 Å². The Morgan fingerprint density at radius 1 is 1.04 bits per heavy atom. The Balaban J connectivity index is 1.34. The van der Waals surface area contributed by atoms with Gasteiger partial charge in [0.05, 0.1) is 25.9 Å². The van der Waals surface area contributed by atoms with Gasteiger partial charge in [-0.2, -0.15) is 0 Å². The fraction of sp³-hybridized carbons (Fsp3) is 0.591. The number of fused-ring (bicyclic) bond motifs is 5. The third kappa shape index (κ3) is 4.70. The van der Waals surface area contributed by atoms with Gasteiger partial charge >= 0.3 is 5.97 Å². The van der Waals surface area contributed by atoms with Crippen molar-refractivity contribution in [1.29, 1.82) is 0 Å². The second-order valence-corrected chi connectivity index (χ2v) is 17.8. The quantitative estimate of drug-likeness (QED) is 0.162. The van der Waals surface area contributed by atoms with Gasteiger partial charge in [-0.15, -0.1) is 0 Å². The number of primary amides is 1. The summed E-state index contributed by atoms with van der Waals surface area (Å²) in [6.07, 6.45) is 6.82. The number of amides is 1. The molecule has 0 bridgehead atoms. The maximum Gasteiger partial charge on any atom is 0.322 e. The molecule has 3 aromatic rings. The van der Waals surface area contributed by atoms with Crippen LogP contribution in [0.5, 0.6) is 5.75 Å². The van der Waals surface area contributed by atoms with Gasteiger partial charge in [-0.1, -0.05) is 44.2 Å². The minimum atomic E-state index is -2.30. The number of anilines is 1. The van der Waals surface area contributed by atoms with Crippen LogP contribution in [0, 0.1) is 17.3 Å². The van der Waals surface area contributed by atoms with Crippen molar-refractivity contribution in [1.82, 2.24) is 15.2 Å². The summed E-state index contributed by atoms with van der Waals surface area (Å²) in [6, 6.07) is 11.0. The van der Waals surface area contributed by atoms with Gasteiger partial charge in [-0.25, -0.2) is 0 Å². The number of benzene rings is 2. The highest BCUT2D eigenvalue weighted by Crippen LogP contribution is 2.68. The van der Waals surface area contributed by atoms with E-state index in [1.807, 2.05) is 62.2 Å². The summed E-state index contributed by atoms with van der Waals surface area (Å²) in [7, 11) is 4.91. The molecule has 1 amide bonds. The molecule has 4 aliphatic heterocycles. The fourth-order valence-corrected chi connectivity index (χ4v) is 12.8. The van der Waals surface area contributed by atoms with E-state index in [4.69, 9.17) is 15.2 Å². The molecule has 9 rings (SSSR count). The number of hydrogen-bond donors (Lipinski definition) is 6. The third-order valence-electron chi connectivity index (χ3n) is 15.5. The molecule has 5 heterocycles. The van der Waals surface area contributed by atoms with Crippen LogP contribution in [-0.2, 0) is 31.6 Å². The number of aliphatic hydroxyl groups excluding tert-OH is 1. The molecule has 1 spiro atoms. The van der Waals surface area contributed by atoms with Gasteiger partial charge in [-0.3, -0.25) is 14.5 Å². The molecule has 3 unspecified atom stereocenters. The molecule has 3 fully saturated rings. The van der Waals surface area contributed by atoms with Crippen LogP contribution in [0.25, 0.3) is 10.9 Å². The number of aromatic amines is 1. The number of para-hydroxylation sites is 1. The molecular formula is C44H57N5O7. The maximum absolute atomic E-state index is 15.2. The van der Waals surface area contributed by atoms with Gasteiger partial charge in [0, 0.05) is 70.9 Å². The molecule has 6 aliphatic rings. The van der Waals surface area contributed by atoms with Crippen molar-refractivity contribution in [3.8, 4) is 5.75 Å². The minimum Gasteiger partial charge on any atom is -0.496 e. The van der Waals surface area contributed by atoms with Crippen molar-refractivity contribution in [3.05, 3.63) is 70.9 Å². The predicted molar refractivity (Wildman–Crippen MR) is 213 cm³/mol. The second kappa shape index (κ2) is 12.8. The number of esters is 1. The summed E-state index contributed by atoms with van der Waals surface area (Å²) in [5.74, 6) is -0.564. The molecule has 7 N–H and O–H groups in total. The lowest BCUT2D eigenvalue weighted by Gasteiger charge is -2.63. The van der Waals surface area contributed by atoms with Crippen LogP contribution in [0.3, 0.4) is 0 Å². The number of carbonyl (C=O) groups is 2. The third-order valence-corrected chi connectivity index (χ3v) is 15.5. The molecule has 12 heteroatoms. The van der Waals surface area contributed by atoms with Crippen molar-refractivity contribution < 1.29 is 34.4 Å². The molecule has 2 aromatic carbocycles. The summed E-state index contributed by atoms with van der Waals surface area (Å²) in [5, 5.41) is 41.4. The van der Waals surface area contributed by atoms with Crippen LogP contribution in [0.15, 0.2) is 48.6 Å². The topological polar surface area (TPSA) is 174 Å². The average Bonchev–Trinajstić information content (AvgIpc) is 3.50. The van der Waals surface area contributed by atoms with E-state index in [0.717, 1.165) is 39.8 Å². The zero-order valence-electron chi connectivity index (χ0n) is 33.2. The summed E-state index contributed by atoms with van der Waals surface area (Å²) in [5.41, 5.74) is 4.84. The van der Waals surface area contributed by atoms with Crippen molar-refractivity contribution >= 4 is 28.5 Å². The first-order chi connectivity index (χ1) is 26.8. The summed E-state index contributed by atoms with van der Waals surface area (Å²) >= 11 is 0. The largest absolute Gasteiger partial charge is 0.496 e. The van der Waals surface area contributed by atoms with E-state index in [1.54, 1.807) is 7.11 Å². The molecule has 56 heavy (non-hydrogen) atoms. The first kappa shape index (κ1) is 37.6. The monoisotopic (exact) mass is 767 g/mol. The molecule has 1 aromatic heterocycles. The Kier molecular flexibility index (Phi) is 8.59. The van der Waals surface area contributed by atoms with Gasteiger partial charge in [-0.05, 0) is 93.1 Å². The van der Waals surface area contributed by atoms with Crippen LogP contribution < -0.4 is 20.7 Å². The van der Waals surface area contributed by atoms with E-state index in [1.165, 1.54) is 7.11 Å². The van der Waals surface area contributed by atoms with E-state index < -0.39 is 51.5 Å². The zero-order chi connectivity index (χ0) is 39.6. The molecule has 300 valence electrons. The van der Waals surface area contributed by atoms with Crippen LogP contribution in [-0.4, -0.2) is 114 Å². The Labute approximate surface area is 328 Å². The number of aliphatic hydroxyl groups is 3. The highest BCUT2D eigenvalue weighted by Gasteiger charge is 2.78. The summed E-state index contributed by atoms with van der Waals surface area (Å²) in [4.78, 5) is 37.0. The number of likely N-dealkylation sites (N-methyl/N-ethyl adjacent to an activating group) is 1. The lowest BCUT2D eigenvalue weighted by molar-refractivity contribution is -0.201. The van der Waals surface area contributed by atoms with Gasteiger partial charge in [0.15, 0.2) is 5.60 Å². The van der Waals surface area contributed by atoms with Crippen LogP contribution >= 0.6 is 0 Å². The number of rotatable bonds is 6. The normalized spacial score (nSPS) is 38.7. The Bertz CT molecular complexity index is 2140. The summed E-state index contributed by atoms with van der Waals surface area (Å²) < 4.78 is 12.2. The van der Waals surface area contributed by atoms with Crippen molar-refractivity contribution in [2.24, 2.45) is 23.0 Å². The smallest absolute Gasteiger partial charge is 0.322 e. The molecule has 1 saturated heterocycles. The minimum absolute atomic E-state index is 0.111. The number of aromatic nitrogens is 1.